The van der Waals surface area contributed by atoms with Gasteiger partial charge in [-0.25, -0.2) is 4.57 Å². The van der Waals surface area contributed by atoms with Crippen molar-refractivity contribution in [3.63, 3.8) is 0 Å². The van der Waals surface area contributed by atoms with Gasteiger partial charge in [0.05, 0.1) is 19.8 Å². The molecule has 0 saturated heterocycles. The Bertz CT molecular complexity index is 1330. The number of hydrogen-bond donors (Lipinski definition) is 3. The molecule has 3 atom stereocenters. The Kier molecular flexibility index (Phi) is 42.6. The molecule has 11 heteroatoms. The van der Waals surface area contributed by atoms with Crippen molar-refractivity contribution < 1.29 is 42.7 Å². The van der Waals surface area contributed by atoms with E-state index < -0.39 is 45.1 Å². The minimum atomic E-state index is -4.64. The lowest BCUT2D eigenvalue weighted by Gasteiger charge is -2.20. The van der Waals surface area contributed by atoms with Crippen LogP contribution >= 0.6 is 7.82 Å². The van der Waals surface area contributed by atoms with E-state index in [4.69, 9.17) is 29.4 Å². The molecule has 0 spiro atoms. The van der Waals surface area contributed by atoms with Gasteiger partial charge in [0.2, 0.25) is 0 Å². The van der Waals surface area contributed by atoms with Crippen molar-refractivity contribution in [1.29, 1.82) is 0 Å². The van der Waals surface area contributed by atoms with Crippen molar-refractivity contribution in [3.8, 4) is 0 Å². The normalized spacial score (nSPS) is 14.7. The van der Waals surface area contributed by atoms with Crippen molar-refractivity contribution >= 4 is 19.8 Å². The van der Waals surface area contributed by atoms with Crippen LogP contribution in [0.4, 0.5) is 0 Å². The molecule has 0 aliphatic carbocycles. The second kappa shape index (κ2) is 44.9. The highest BCUT2D eigenvalue weighted by Gasteiger charge is 2.27. The molecule has 4 N–H and O–H groups in total. The Morgan fingerprint density at radius 3 is 1.43 bits per heavy atom. The molecule has 0 aliphatic rings. The van der Waals surface area contributed by atoms with Crippen LogP contribution < -0.4 is 5.73 Å². The molecular weight excluding hydrogens is 790 g/mol. The summed E-state index contributed by atoms with van der Waals surface area (Å²) in [7, 11) is -4.64. The summed E-state index contributed by atoms with van der Waals surface area (Å²) in [6.45, 7) is 3.63. The Hall–Kier alpha value is -3.11. The number of aliphatic carboxylic acids is 1. The molecule has 10 nitrogen and oxygen atoms in total. The fraction of sp³-hybridized carbons (Fsp3) is 0.640. The molecule has 0 aromatic rings. The van der Waals surface area contributed by atoms with E-state index >= 15 is 0 Å². The third-order valence-electron chi connectivity index (χ3n) is 9.35. The van der Waals surface area contributed by atoms with E-state index in [1.54, 1.807) is 0 Å². The van der Waals surface area contributed by atoms with Gasteiger partial charge in [-0.1, -0.05) is 162 Å². The predicted octanol–water partition coefficient (Wildman–Crippen LogP) is 13.3. The number of phosphoric ester groups is 1. The van der Waals surface area contributed by atoms with E-state index in [2.05, 4.69) is 111 Å². The molecule has 0 saturated carbocycles. The number of esters is 1. The number of ether oxygens (including phenoxy) is 2. The number of carboxylic acids is 1. The quantitative estimate of drug-likeness (QED) is 0.0233. The number of phosphoric acid groups is 1. The van der Waals surface area contributed by atoms with Crippen molar-refractivity contribution in [1.82, 2.24) is 0 Å². The van der Waals surface area contributed by atoms with Gasteiger partial charge in [-0.2, -0.15) is 0 Å². The molecule has 0 radical (unpaired) electrons. The standard InChI is InChI=1S/C50H84NO9P/c1-3-5-7-9-11-13-15-17-19-21-22-23-24-25-27-29-31-33-35-37-39-41-43-57-44-47(45-58-61(55,56)59-46-48(51)50(53)54)60-49(52)42-40-38-36-34-32-30-28-26-20-18-16-14-12-10-8-6-4-2/h5,7,11-14,17-20,22-23,25,27,31,33,47-48H,3-4,6,8-10,15-16,21,24,26,28-30,32,34-46,51H2,1-2H3,(H,53,54)(H,55,56)/b7-5-,13-11-,14-12-,19-17-,20-18-,23-22-,27-25-,33-31-. The number of nitrogens with two attached hydrogens (primary N) is 1. The van der Waals surface area contributed by atoms with Crippen molar-refractivity contribution in [2.45, 2.75) is 180 Å². The number of carboxylic acid groups (broad SMARTS) is 1. The predicted molar refractivity (Wildman–Crippen MR) is 253 cm³/mol. The maximum absolute atomic E-state index is 12.7. The zero-order chi connectivity index (χ0) is 44.8. The SMILES string of the molecule is CC/C=C\C/C=C\C/C=C\C/C=C\C/C=C\C/C=C\CCCCCOCC(COP(=O)(O)OCC(N)C(=O)O)OC(=O)CCCCCCCCC/C=C\C/C=C\CCCCC. The molecule has 0 amide bonds. The second-order valence-electron chi connectivity index (χ2n) is 15.1. The highest BCUT2D eigenvalue weighted by Crippen LogP contribution is 2.43. The average Bonchev–Trinajstić information content (AvgIpc) is 3.24. The summed E-state index contributed by atoms with van der Waals surface area (Å²) >= 11 is 0. The Balaban J connectivity index is 4.32. The lowest BCUT2D eigenvalue weighted by Crippen LogP contribution is -2.34. The van der Waals surface area contributed by atoms with Crippen molar-refractivity contribution in [2.75, 3.05) is 26.4 Å². The van der Waals surface area contributed by atoms with Gasteiger partial charge in [-0.15, -0.1) is 0 Å². The van der Waals surface area contributed by atoms with Gasteiger partial charge in [0.25, 0.3) is 0 Å². The van der Waals surface area contributed by atoms with Gasteiger partial charge in [-0.05, 0) is 96.3 Å². The molecule has 0 aromatic heterocycles. The lowest BCUT2D eigenvalue weighted by atomic mass is 10.1. The third-order valence-corrected chi connectivity index (χ3v) is 10.3. The van der Waals surface area contributed by atoms with Crippen LogP contribution in [-0.4, -0.2) is 60.5 Å². The number of carbonyl (C=O) groups excluding carboxylic acids is 1. The van der Waals surface area contributed by atoms with Crippen LogP contribution in [0, 0.1) is 0 Å². The van der Waals surface area contributed by atoms with E-state index in [0.29, 0.717) is 13.0 Å². The number of hydrogen-bond acceptors (Lipinski definition) is 8. The van der Waals surface area contributed by atoms with Gasteiger partial charge in [0.15, 0.2) is 0 Å². The molecule has 3 unspecified atom stereocenters. The van der Waals surface area contributed by atoms with E-state index in [-0.39, 0.29) is 13.0 Å². The van der Waals surface area contributed by atoms with Crippen LogP contribution in [0.2, 0.25) is 0 Å². The molecule has 0 bridgehead atoms. The fourth-order valence-electron chi connectivity index (χ4n) is 5.75. The largest absolute Gasteiger partial charge is 0.480 e. The van der Waals surface area contributed by atoms with Crippen molar-refractivity contribution in [3.05, 3.63) is 97.2 Å². The van der Waals surface area contributed by atoms with Crippen LogP contribution in [0.5, 0.6) is 0 Å². The molecule has 348 valence electrons. The topological polar surface area (TPSA) is 155 Å². The summed E-state index contributed by atoms with van der Waals surface area (Å²) in [6, 6.07) is -1.49. The molecule has 0 aliphatic heterocycles. The number of unbranched alkanes of at least 4 members (excludes halogenated alkanes) is 13. The summed E-state index contributed by atoms with van der Waals surface area (Å²) in [5.74, 6) is -1.81. The second-order valence-corrected chi connectivity index (χ2v) is 16.6. The molecule has 0 aromatic carbocycles. The summed E-state index contributed by atoms with van der Waals surface area (Å²) in [5.41, 5.74) is 5.36. The van der Waals surface area contributed by atoms with Crippen LogP contribution in [-0.2, 0) is 32.7 Å². The van der Waals surface area contributed by atoms with Crippen molar-refractivity contribution in [2.24, 2.45) is 5.73 Å². The molecule has 0 heterocycles. The first-order chi connectivity index (χ1) is 29.7. The Labute approximate surface area is 370 Å². The van der Waals surface area contributed by atoms with Crippen LogP contribution in [0.3, 0.4) is 0 Å². The highest BCUT2D eigenvalue weighted by atomic mass is 31.2. The Morgan fingerprint density at radius 1 is 0.541 bits per heavy atom. The summed E-state index contributed by atoms with van der Waals surface area (Å²) in [6.07, 6.45) is 58.9. The number of carbonyl (C=O) groups is 2. The smallest absolute Gasteiger partial charge is 0.472 e. The third kappa shape index (κ3) is 44.7. The van der Waals surface area contributed by atoms with Crippen LogP contribution in [0.15, 0.2) is 97.2 Å². The summed E-state index contributed by atoms with van der Waals surface area (Å²) in [5, 5.41) is 8.91. The van der Waals surface area contributed by atoms with E-state index in [1.165, 1.54) is 44.9 Å². The summed E-state index contributed by atoms with van der Waals surface area (Å²) < 4.78 is 33.4. The zero-order valence-corrected chi connectivity index (χ0v) is 38.9. The maximum Gasteiger partial charge on any atom is 0.472 e. The van der Waals surface area contributed by atoms with Gasteiger partial charge >= 0.3 is 19.8 Å². The minimum Gasteiger partial charge on any atom is -0.480 e. The average molecular weight is 874 g/mol. The first kappa shape index (κ1) is 57.9. The zero-order valence-electron chi connectivity index (χ0n) is 38.0. The molecule has 0 fully saturated rings. The van der Waals surface area contributed by atoms with Gasteiger partial charge in [0, 0.05) is 13.0 Å². The lowest BCUT2D eigenvalue weighted by molar-refractivity contribution is -0.154. The number of rotatable bonds is 43. The highest BCUT2D eigenvalue weighted by molar-refractivity contribution is 7.47. The van der Waals surface area contributed by atoms with Crippen LogP contribution in [0.1, 0.15) is 168 Å². The Morgan fingerprint density at radius 2 is 0.951 bits per heavy atom. The minimum absolute atomic E-state index is 0.0154. The van der Waals surface area contributed by atoms with E-state index in [0.717, 1.165) is 96.3 Å². The maximum atomic E-state index is 12.7. The van der Waals surface area contributed by atoms with E-state index in [1.807, 2.05) is 0 Å². The molecule has 61 heavy (non-hydrogen) atoms. The van der Waals surface area contributed by atoms with Gasteiger partial charge < -0.3 is 25.2 Å². The summed E-state index contributed by atoms with van der Waals surface area (Å²) in [4.78, 5) is 33.6. The van der Waals surface area contributed by atoms with Crippen LogP contribution in [0.25, 0.3) is 0 Å². The molecular formula is C50H84NO9P. The molecule has 0 rings (SSSR count). The first-order valence-electron chi connectivity index (χ1n) is 23.3. The first-order valence-corrected chi connectivity index (χ1v) is 24.8. The van der Waals surface area contributed by atoms with Gasteiger partial charge in [-0.3, -0.25) is 18.6 Å². The fourth-order valence-corrected chi connectivity index (χ4v) is 6.53. The monoisotopic (exact) mass is 874 g/mol. The van der Waals surface area contributed by atoms with Gasteiger partial charge in [0.1, 0.15) is 12.1 Å². The number of allylic oxidation sites excluding steroid dienone is 16. The van der Waals surface area contributed by atoms with E-state index in [9.17, 15) is 19.0 Å².